The monoisotopic (exact) mass is 358 g/mol. The normalized spacial score (nSPS) is 15.0. The SMILES string of the molecule is C[C@@H](NC(=O)CN1C(=O)CCOc2ccccc21)c1cccc(Cl)c1. The van der Waals surface area contributed by atoms with Crippen LogP contribution in [0.5, 0.6) is 5.75 Å². The fraction of sp³-hybridized carbons (Fsp3) is 0.263. The lowest BCUT2D eigenvalue weighted by atomic mass is 10.1. The molecule has 0 fully saturated rings. The highest BCUT2D eigenvalue weighted by molar-refractivity contribution is 6.30. The molecule has 1 aliphatic heterocycles. The number of nitrogens with zero attached hydrogens (tertiary/aromatic N) is 1. The van der Waals surface area contributed by atoms with Crippen LogP contribution in [0, 0.1) is 0 Å². The third kappa shape index (κ3) is 4.12. The number of para-hydroxylation sites is 2. The zero-order valence-corrected chi connectivity index (χ0v) is 14.6. The van der Waals surface area contributed by atoms with E-state index in [4.69, 9.17) is 16.3 Å². The first-order chi connectivity index (χ1) is 12.0. The van der Waals surface area contributed by atoms with Crippen molar-refractivity contribution in [1.82, 2.24) is 5.32 Å². The van der Waals surface area contributed by atoms with Gasteiger partial charge in [0.2, 0.25) is 11.8 Å². The number of nitrogens with one attached hydrogen (secondary N) is 1. The van der Waals surface area contributed by atoms with E-state index in [0.29, 0.717) is 23.1 Å². The Bertz CT molecular complexity index is 794. The molecule has 130 valence electrons. The van der Waals surface area contributed by atoms with Crippen LogP contribution in [0.25, 0.3) is 0 Å². The van der Waals surface area contributed by atoms with E-state index < -0.39 is 0 Å². The van der Waals surface area contributed by atoms with Crippen molar-refractivity contribution in [1.29, 1.82) is 0 Å². The van der Waals surface area contributed by atoms with Gasteiger partial charge in [-0.1, -0.05) is 35.9 Å². The number of carbonyl (C=O) groups excluding carboxylic acids is 2. The average Bonchev–Trinajstić information content (AvgIpc) is 2.74. The van der Waals surface area contributed by atoms with Crippen molar-refractivity contribution in [3.63, 3.8) is 0 Å². The van der Waals surface area contributed by atoms with Crippen LogP contribution in [0.15, 0.2) is 48.5 Å². The van der Waals surface area contributed by atoms with Crippen molar-refractivity contribution in [3.05, 3.63) is 59.1 Å². The molecular weight excluding hydrogens is 340 g/mol. The molecule has 5 nitrogen and oxygen atoms in total. The quantitative estimate of drug-likeness (QED) is 0.912. The minimum atomic E-state index is -0.238. The fourth-order valence-electron chi connectivity index (χ4n) is 2.78. The molecule has 0 aliphatic carbocycles. The van der Waals surface area contributed by atoms with Gasteiger partial charge in [-0.15, -0.1) is 0 Å². The van der Waals surface area contributed by atoms with Gasteiger partial charge < -0.3 is 10.1 Å². The van der Waals surface area contributed by atoms with Crippen molar-refractivity contribution in [3.8, 4) is 5.75 Å². The molecule has 0 radical (unpaired) electrons. The van der Waals surface area contributed by atoms with Crippen LogP contribution in [-0.4, -0.2) is 25.0 Å². The van der Waals surface area contributed by atoms with Crippen molar-refractivity contribution < 1.29 is 14.3 Å². The summed E-state index contributed by atoms with van der Waals surface area (Å²) in [6, 6.07) is 14.4. The molecule has 1 atom stereocenters. The molecule has 1 aliphatic rings. The molecular formula is C19H19ClN2O3. The third-order valence-electron chi connectivity index (χ3n) is 4.06. The third-order valence-corrected chi connectivity index (χ3v) is 4.29. The molecule has 0 spiro atoms. The zero-order chi connectivity index (χ0) is 17.8. The smallest absolute Gasteiger partial charge is 0.240 e. The Morgan fingerprint density at radius 3 is 2.88 bits per heavy atom. The topological polar surface area (TPSA) is 58.6 Å². The first-order valence-corrected chi connectivity index (χ1v) is 8.49. The number of rotatable bonds is 4. The molecule has 0 unspecified atom stereocenters. The van der Waals surface area contributed by atoms with Gasteiger partial charge in [0.05, 0.1) is 24.8 Å². The highest BCUT2D eigenvalue weighted by atomic mass is 35.5. The minimum absolute atomic E-state index is 0.0515. The second-order valence-corrected chi connectivity index (χ2v) is 6.33. The summed E-state index contributed by atoms with van der Waals surface area (Å²) in [6.45, 7) is 2.14. The number of amides is 2. The number of ether oxygens (including phenoxy) is 1. The molecule has 0 aromatic heterocycles. The van der Waals surface area contributed by atoms with E-state index in [0.717, 1.165) is 5.56 Å². The zero-order valence-electron chi connectivity index (χ0n) is 13.9. The van der Waals surface area contributed by atoms with Crippen molar-refractivity contribution in [2.45, 2.75) is 19.4 Å². The van der Waals surface area contributed by atoms with Crippen LogP contribution in [0.1, 0.15) is 24.9 Å². The predicted octanol–water partition coefficient (Wildman–Crippen LogP) is 3.33. The van der Waals surface area contributed by atoms with Gasteiger partial charge in [0.25, 0.3) is 0 Å². The highest BCUT2D eigenvalue weighted by Gasteiger charge is 2.25. The first kappa shape index (κ1) is 17.3. The second kappa shape index (κ2) is 7.57. The number of benzene rings is 2. The Kier molecular flexibility index (Phi) is 5.24. The maximum absolute atomic E-state index is 12.5. The van der Waals surface area contributed by atoms with Gasteiger partial charge in [-0.2, -0.15) is 0 Å². The van der Waals surface area contributed by atoms with E-state index in [2.05, 4.69) is 5.32 Å². The standard InChI is InChI=1S/C19H19ClN2O3/c1-13(14-5-4-6-15(20)11-14)21-18(23)12-22-16-7-2-3-8-17(16)25-10-9-19(22)24/h2-8,11,13H,9-10,12H2,1H3,(H,21,23)/t13-/m1/s1. The van der Waals surface area contributed by atoms with Gasteiger partial charge in [-0.25, -0.2) is 0 Å². The molecule has 6 heteroatoms. The van der Waals surface area contributed by atoms with Crippen LogP contribution < -0.4 is 15.0 Å². The van der Waals surface area contributed by atoms with Gasteiger partial charge in [-0.3, -0.25) is 14.5 Å². The summed E-state index contributed by atoms with van der Waals surface area (Å²) < 4.78 is 5.59. The Labute approximate surface area is 151 Å². The summed E-state index contributed by atoms with van der Waals surface area (Å²) in [4.78, 5) is 26.3. The number of hydrogen-bond acceptors (Lipinski definition) is 3. The summed E-state index contributed by atoms with van der Waals surface area (Å²) in [5.41, 5.74) is 1.53. The molecule has 2 amide bonds. The summed E-state index contributed by atoms with van der Waals surface area (Å²) in [5.74, 6) is 0.247. The summed E-state index contributed by atoms with van der Waals surface area (Å²) in [7, 11) is 0. The number of halogens is 1. The van der Waals surface area contributed by atoms with Crippen molar-refractivity contribution in [2.75, 3.05) is 18.1 Å². The maximum atomic E-state index is 12.5. The molecule has 2 aromatic rings. The van der Waals surface area contributed by atoms with Crippen LogP contribution in [-0.2, 0) is 9.59 Å². The van der Waals surface area contributed by atoms with E-state index in [-0.39, 0.29) is 30.8 Å². The molecule has 2 aromatic carbocycles. The number of fused-ring (bicyclic) bond motifs is 1. The predicted molar refractivity (Wildman–Crippen MR) is 96.9 cm³/mol. The molecule has 1 heterocycles. The Morgan fingerprint density at radius 1 is 1.28 bits per heavy atom. The average molecular weight is 359 g/mol. The Hall–Kier alpha value is -2.53. The number of anilines is 1. The molecule has 0 saturated carbocycles. The van der Waals surface area contributed by atoms with Gasteiger partial charge >= 0.3 is 0 Å². The van der Waals surface area contributed by atoms with E-state index in [9.17, 15) is 9.59 Å². The first-order valence-electron chi connectivity index (χ1n) is 8.11. The number of hydrogen-bond donors (Lipinski definition) is 1. The van der Waals surface area contributed by atoms with Gasteiger partial charge in [0.1, 0.15) is 12.3 Å². The lowest BCUT2D eigenvalue weighted by molar-refractivity contribution is -0.124. The van der Waals surface area contributed by atoms with Crippen molar-refractivity contribution >= 4 is 29.1 Å². The number of carbonyl (C=O) groups is 2. The summed E-state index contributed by atoms with van der Waals surface area (Å²) in [5, 5.41) is 3.53. The van der Waals surface area contributed by atoms with Crippen molar-refractivity contribution in [2.24, 2.45) is 0 Å². The summed E-state index contributed by atoms with van der Waals surface area (Å²) >= 11 is 6.00. The van der Waals surface area contributed by atoms with E-state index in [1.165, 1.54) is 4.90 Å². The Morgan fingerprint density at radius 2 is 2.08 bits per heavy atom. The van der Waals surface area contributed by atoms with Gasteiger partial charge in [0.15, 0.2) is 0 Å². The lowest BCUT2D eigenvalue weighted by Crippen LogP contribution is -2.41. The molecule has 0 bridgehead atoms. The lowest BCUT2D eigenvalue weighted by Gasteiger charge is -2.23. The van der Waals surface area contributed by atoms with Gasteiger partial charge in [0, 0.05) is 5.02 Å². The summed E-state index contributed by atoms with van der Waals surface area (Å²) in [6.07, 6.45) is 0.242. The molecule has 0 saturated heterocycles. The minimum Gasteiger partial charge on any atom is -0.491 e. The van der Waals surface area contributed by atoms with Crippen LogP contribution in [0.4, 0.5) is 5.69 Å². The maximum Gasteiger partial charge on any atom is 0.240 e. The molecule has 3 rings (SSSR count). The molecule has 1 N–H and O–H groups in total. The van der Waals surface area contributed by atoms with Crippen LogP contribution in [0.2, 0.25) is 5.02 Å². The fourth-order valence-corrected chi connectivity index (χ4v) is 2.98. The molecule has 25 heavy (non-hydrogen) atoms. The van der Waals surface area contributed by atoms with Crippen LogP contribution in [0.3, 0.4) is 0 Å². The van der Waals surface area contributed by atoms with E-state index in [1.54, 1.807) is 18.2 Å². The van der Waals surface area contributed by atoms with E-state index in [1.807, 2.05) is 37.3 Å². The van der Waals surface area contributed by atoms with E-state index >= 15 is 0 Å². The largest absolute Gasteiger partial charge is 0.491 e. The second-order valence-electron chi connectivity index (χ2n) is 5.89. The van der Waals surface area contributed by atoms with Gasteiger partial charge in [-0.05, 0) is 36.8 Å². The Balaban J connectivity index is 1.72. The highest BCUT2D eigenvalue weighted by Crippen LogP contribution is 2.30. The van der Waals surface area contributed by atoms with Crippen LogP contribution >= 0.6 is 11.6 Å².